The van der Waals surface area contributed by atoms with Gasteiger partial charge in [0, 0.05) is 25.7 Å². The number of ether oxygens (including phenoxy) is 1. The molecule has 0 saturated carbocycles. The maximum Gasteiger partial charge on any atom is 0.430 e. The van der Waals surface area contributed by atoms with Crippen LogP contribution in [0.1, 0.15) is 29.3 Å². The fraction of sp³-hybridized carbons (Fsp3) is 0.364. The molecule has 1 N–H and O–H groups in total. The molecule has 2 rings (SSSR count). The van der Waals surface area contributed by atoms with Gasteiger partial charge in [0.1, 0.15) is 5.75 Å². The van der Waals surface area contributed by atoms with Gasteiger partial charge < -0.3 is 19.6 Å². The number of carbonyl (C=O) groups is 2. The summed E-state index contributed by atoms with van der Waals surface area (Å²) in [6.45, 7) is 1.35. The second kappa shape index (κ2) is 10.3. The van der Waals surface area contributed by atoms with Crippen LogP contribution in [-0.4, -0.2) is 60.8 Å². The highest BCUT2D eigenvalue weighted by atomic mass is 35.5. The van der Waals surface area contributed by atoms with Gasteiger partial charge in [0.25, 0.3) is 11.5 Å². The van der Waals surface area contributed by atoms with Gasteiger partial charge in [-0.25, -0.2) is 0 Å². The number of halogens is 4. The van der Waals surface area contributed by atoms with Crippen LogP contribution < -0.4 is 9.57 Å². The summed E-state index contributed by atoms with van der Waals surface area (Å²) in [5.74, 6) is -2.20. The molecular formula is C22H24ClF3N2O5. The number of aliphatic hydroxyl groups is 1. The van der Waals surface area contributed by atoms with Crippen molar-refractivity contribution in [3.05, 3.63) is 58.6 Å². The Bertz CT molecular complexity index is 1020. The first kappa shape index (κ1) is 26.3. The molecule has 180 valence electrons. The summed E-state index contributed by atoms with van der Waals surface area (Å²) in [5.41, 5.74) is -4.49. The van der Waals surface area contributed by atoms with Crippen LogP contribution in [0.15, 0.2) is 42.5 Å². The number of hydrogen-bond donors (Lipinski definition) is 1. The minimum Gasteiger partial charge on any atom is -0.497 e. The smallest absolute Gasteiger partial charge is 0.430 e. The molecular weight excluding hydrogens is 465 g/mol. The number of benzene rings is 2. The van der Waals surface area contributed by atoms with Gasteiger partial charge in [0.2, 0.25) is 0 Å². The lowest BCUT2D eigenvalue weighted by molar-refractivity contribution is -0.270. The van der Waals surface area contributed by atoms with E-state index in [0.29, 0.717) is 5.06 Å². The predicted octanol–water partition coefficient (Wildman–Crippen LogP) is 4.03. The standard InChI is InChI=1S/C22H24ClF3N2O5/c1-5-11-28(33-16-9-10-17(18(23)13-16)19(29)27(2)3)20(30)21(31,22(24,25)26)14-7-6-8-15(12-14)32-4/h6-10,12-13,31H,5,11H2,1-4H3/t21-/m1/s1. The summed E-state index contributed by atoms with van der Waals surface area (Å²) in [6, 6.07) is 8.31. The fourth-order valence-electron chi connectivity index (χ4n) is 2.92. The van der Waals surface area contributed by atoms with Crippen LogP contribution in [-0.2, 0) is 10.4 Å². The number of alkyl halides is 3. The monoisotopic (exact) mass is 488 g/mol. The first-order valence-corrected chi connectivity index (χ1v) is 10.2. The highest BCUT2D eigenvalue weighted by Crippen LogP contribution is 2.41. The van der Waals surface area contributed by atoms with Gasteiger partial charge in [-0.3, -0.25) is 9.59 Å². The van der Waals surface area contributed by atoms with Crippen LogP contribution in [0.25, 0.3) is 0 Å². The molecule has 1 atom stereocenters. The molecule has 7 nitrogen and oxygen atoms in total. The summed E-state index contributed by atoms with van der Waals surface area (Å²) < 4.78 is 47.0. The molecule has 0 aliphatic rings. The number of nitrogens with zero attached hydrogens (tertiary/aromatic N) is 2. The first-order valence-electron chi connectivity index (χ1n) is 9.81. The molecule has 0 unspecified atom stereocenters. The van der Waals surface area contributed by atoms with E-state index in [2.05, 4.69) is 0 Å². The van der Waals surface area contributed by atoms with Crippen LogP contribution in [0.3, 0.4) is 0 Å². The van der Waals surface area contributed by atoms with Gasteiger partial charge in [-0.2, -0.15) is 18.2 Å². The summed E-state index contributed by atoms with van der Waals surface area (Å²) in [7, 11) is 4.30. The van der Waals surface area contributed by atoms with Crippen molar-refractivity contribution in [3.63, 3.8) is 0 Å². The second-order valence-electron chi connectivity index (χ2n) is 7.28. The van der Waals surface area contributed by atoms with Crippen LogP contribution in [0, 0.1) is 0 Å². The molecule has 0 fully saturated rings. The van der Waals surface area contributed by atoms with Crippen LogP contribution in [0.4, 0.5) is 13.2 Å². The van der Waals surface area contributed by atoms with Crippen LogP contribution >= 0.6 is 11.6 Å². The Balaban J connectivity index is 2.46. The third kappa shape index (κ3) is 5.51. The van der Waals surface area contributed by atoms with Gasteiger partial charge in [-0.15, -0.1) is 0 Å². The Morgan fingerprint density at radius 3 is 2.27 bits per heavy atom. The minimum absolute atomic E-state index is 0.0195. The lowest BCUT2D eigenvalue weighted by atomic mass is 9.91. The molecule has 0 aliphatic heterocycles. The van der Waals surface area contributed by atoms with Crippen molar-refractivity contribution in [2.24, 2.45) is 0 Å². The highest BCUT2D eigenvalue weighted by Gasteiger charge is 2.62. The van der Waals surface area contributed by atoms with Gasteiger partial charge in [0.15, 0.2) is 5.75 Å². The number of methoxy groups -OCH3 is 1. The third-order valence-electron chi connectivity index (χ3n) is 4.65. The lowest BCUT2D eigenvalue weighted by Gasteiger charge is -2.34. The summed E-state index contributed by atoms with van der Waals surface area (Å²) >= 11 is 6.13. The Kier molecular flexibility index (Phi) is 8.20. The Hall–Kier alpha value is -2.98. The van der Waals surface area contributed by atoms with E-state index >= 15 is 0 Å². The molecule has 0 aliphatic carbocycles. The van der Waals surface area contributed by atoms with Crippen molar-refractivity contribution in [2.45, 2.75) is 25.1 Å². The number of rotatable bonds is 8. The third-order valence-corrected chi connectivity index (χ3v) is 4.97. The molecule has 0 aromatic heterocycles. The normalized spacial score (nSPS) is 13.1. The Labute approximate surface area is 194 Å². The number of hydroxylamine groups is 2. The molecule has 0 heterocycles. The lowest BCUT2D eigenvalue weighted by Crippen LogP contribution is -2.56. The molecule has 11 heteroatoms. The Morgan fingerprint density at radius 2 is 1.76 bits per heavy atom. The largest absolute Gasteiger partial charge is 0.497 e. The number of amides is 2. The van der Waals surface area contributed by atoms with Crippen molar-refractivity contribution >= 4 is 23.4 Å². The van der Waals surface area contributed by atoms with Gasteiger partial charge >= 0.3 is 12.1 Å². The van der Waals surface area contributed by atoms with Crippen molar-refractivity contribution in [2.75, 3.05) is 27.7 Å². The topological polar surface area (TPSA) is 79.3 Å². The van der Waals surface area contributed by atoms with Crippen molar-refractivity contribution < 1.29 is 37.4 Å². The maximum atomic E-state index is 14.0. The molecule has 2 aromatic rings. The van der Waals surface area contributed by atoms with E-state index in [1.807, 2.05) is 0 Å². The van der Waals surface area contributed by atoms with E-state index in [0.717, 1.165) is 12.1 Å². The Morgan fingerprint density at radius 1 is 1.09 bits per heavy atom. The quantitative estimate of drug-likeness (QED) is 0.567. The molecule has 0 bridgehead atoms. The SMILES string of the molecule is CCCN(Oc1ccc(C(=O)N(C)C)c(Cl)c1)C(=O)[C@](O)(c1cccc(OC)c1)C(F)(F)F. The van der Waals surface area contributed by atoms with Crippen molar-refractivity contribution in [1.82, 2.24) is 9.96 Å². The minimum atomic E-state index is -5.37. The zero-order chi connectivity index (χ0) is 25.0. The maximum absolute atomic E-state index is 14.0. The summed E-state index contributed by atoms with van der Waals surface area (Å²) in [4.78, 5) is 31.9. The summed E-state index contributed by atoms with van der Waals surface area (Å²) in [6.07, 6.45) is -5.14. The van der Waals surface area contributed by atoms with E-state index in [-0.39, 0.29) is 35.1 Å². The van der Waals surface area contributed by atoms with Crippen molar-refractivity contribution in [1.29, 1.82) is 0 Å². The zero-order valence-corrected chi connectivity index (χ0v) is 19.2. The molecule has 0 radical (unpaired) electrons. The van der Waals surface area contributed by atoms with Gasteiger partial charge in [-0.1, -0.05) is 30.7 Å². The van der Waals surface area contributed by atoms with E-state index in [1.54, 1.807) is 6.92 Å². The molecule has 0 saturated heterocycles. The zero-order valence-electron chi connectivity index (χ0n) is 18.4. The number of hydrogen-bond acceptors (Lipinski definition) is 5. The average Bonchev–Trinajstić information content (AvgIpc) is 2.76. The number of carbonyl (C=O) groups excluding carboxylic acids is 2. The van der Waals surface area contributed by atoms with Crippen LogP contribution in [0.2, 0.25) is 5.02 Å². The molecule has 2 amide bonds. The van der Waals surface area contributed by atoms with E-state index in [4.69, 9.17) is 21.2 Å². The first-order chi connectivity index (χ1) is 15.4. The van der Waals surface area contributed by atoms with E-state index < -0.39 is 29.2 Å². The molecule has 33 heavy (non-hydrogen) atoms. The van der Waals surface area contributed by atoms with Gasteiger partial charge in [0.05, 0.1) is 24.2 Å². The fourth-order valence-corrected chi connectivity index (χ4v) is 3.17. The summed E-state index contributed by atoms with van der Waals surface area (Å²) in [5, 5.41) is 11.1. The highest BCUT2D eigenvalue weighted by molar-refractivity contribution is 6.34. The van der Waals surface area contributed by atoms with Crippen molar-refractivity contribution in [3.8, 4) is 11.5 Å². The molecule has 0 spiro atoms. The predicted molar refractivity (Wildman–Crippen MR) is 115 cm³/mol. The van der Waals surface area contributed by atoms with E-state index in [1.165, 1.54) is 56.4 Å². The average molecular weight is 489 g/mol. The van der Waals surface area contributed by atoms with Crippen LogP contribution in [0.5, 0.6) is 11.5 Å². The second-order valence-corrected chi connectivity index (χ2v) is 7.69. The molecule has 2 aromatic carbocycles. The van der Waals surface area contributed by atoms with E-state index in [9.17, 15) is 27.9 Å². The van der Waals surface area contributed by atoms with Gasteiger partial charge in [-0.05, 0) is 30.7 Å².